The first-order valence-electron chi connectivity index (χ1n) is 6.43. The summed E-state index contributed by atoms with van der Waals surface area (Å²) in [5.74, 6) is 0.648. The Morgan fingerprint density at radius 3 is 2.43 bits per heavy atom. The molecule has 6 heteroatoms. The maximum absolute atomic E-state index is 12.1. The first-order valence-corrected chi connectivity index (χ1v) is 8.29. The summed E-state index contributed by atoms with van der Waals surface area (Å²) >= 11 is 5.77. The Bertz CT molecular complexity index is 699. The Balaban J connectivity index is 1.88. The molecule has 0 heterocycles. The largest absolute Gasteiger partial charge is 0.492 e. The van der Waals surface area contributed by atoms with Gasteiger partial charge < -0.3 is 4.74 Å². The van der Waals surface area contributed by atoms with E-state index in [1.807, 2.05) is 0 Å². The maximum atomic E-state index is 12.1. The fraction of sp³-hybridized carbons (Fsp3) is 0.200. The molecular weight excluding hydrogens is 310 g/mol. The fourth-order valence-electron chi connectivity index (χ4n) is 1.81. The lowest BCUT2D eigenvalue weighted by molar-refractivity contribution is 0.323. The fourth-order valence-corrected chi connectivity index (χ4v) is 3.19. The minimum absolute atomic E-state index is 0.194. The van der Waals surface area contributed by atoms with Crippen molar-refractivity contribution in [2.24, 2.45) is 0 Å². The first-order chi connectivity index (χ1) is 9.99. The second-order valence-electron chi connectivity index (χ2n) is 4.47. The number of sulfonamides is 1. The highest BCUT2D eigenvalue weighted by Gasteiger charge is 2.15. The number of benzene rings is 2. The first kappa shape index (κ1) is 15.8. The highest BCUT2D eigenvalue weighted by Crippen LogP contribution is 2.16. The number of hydrogen-bond donors (Lipinski definition) is 1. The zero-order chi connectivity index (χ0) is 15.3. The Morgan fingerprint density at radius 2 is 1.76 bits per heavy atom. The molecule has 0 atom stereocenters. The summed E-state index contributed by atoms with van der Waals surface area (Å²) < 4.78 is 32.2. The van der Waals surface area contributed by atoms with Crippen molar-refractivity contribution in [3.8, 4) is 5.75 Å². The SMILES string of the molecule is Cc1ccccc1S(=O)(=O)NCCOc1ccc(Cl)cc1. The Kier molecular flexibility index (Phi) is 5.22. The summed E-state index contributed by atoms with van der Waals surface area (Å²) in [5, 5.41) is 0.627. The van der Waals surface area contributed by atoms with Crippen LogP contribution < -0.4 is 9.46 Å². The van der Waals surface area contributed by atoms with E-state index in [2.05, 4.69) is 4.72 Å². The molecule has 2 rings (SSSR count). The van der Waals surface area contributed by atoms with Gasteiger partial charge in [-0.15, -0.1) is 0 Å². The highest BCUT2D eigenvalue weighted by molar-refractivity contribution is 7.89. The van der Waals surface area contributed by atoms with Crippen LogP contribution >= 0.6 is 11.6 Å². The Hall–Kier alpha value is -1.56. The van der Waals surface area contributed by atoms with Crippen molar-refractivity contribution in [1.82, 2.24) is 4.72 Å². The third kappa shape index (κ3) is 4.46. The van der Waals surface area contributed by atoms with Crippen LogP contribution in [0.15, 0.2) is 53.4 Å². The average molecular weight is 326 g/mol. The van der Waals surface area contributed by atoms with Crippen LogP contribution in [0.4, 0.5) is 0 Å². The van der Waals surface area contributed by atoms with Gasteiger partial charge in [0.25, 0.3) is 0 Å². The zero-order valence-electron chi connectivity index (χ0n) is 11.5. The predicted octanol–water partition coefficient (Wildman–Crippen LogP) is 3.01. The van der Waals surface area contributed by atoms with E-state index in [4.69, 9.17) is 16.3 Å². The molecule has 21 heavy (non-hydrogen) atoms. The van der Waals surface area contributed by atoms with Crippen molar-refractivity contribution in [2.75, 3.05) is 13.2 Å². The van der Waals surface area contributed by atoms with Gasteiger partial charge in [0.05, 0.1) is 4.90 Å². The van der Waals surface area contributed by atoms with Crippen LogP contribution in [0.2, 0.25) is 5.02 Å². The summed E-state index contributed by atoms with van der Waals surface area (Å²) in [4.78, 5) is 0.288. The van der Waals surface area contributed by atoms with Crippen molar-refractivity contribution in [2.45, 2.75) is 11.8 Å². The molecule has 0 spiro atoms. The topological polar surface area (TPSA) is 55.4 Å². The molecule has 1 N–H and O–H groups in total. The van der Waals surface area contributed by atoms with E-state index < -0.39 is 10.0 Å². The van der Waals surface area contributed by atoms with Crippen LogP contribution in [0.5, 0.6) is 5.75 Å². The molecule has 2 aromatic rings. The average Bonchev–Trinajstić information content (AvgIpc) is 2.46. The molecule has 0 bridgehead atoms. The minimum Gasteiger partial charge on any atom is -0.492 e. The molecule has 0 saturated heterocycles. The third-order valence-electron chi connectivity index (χ3n) is 2.86. The van der Waals surface area contributed by atoms with Crippen LogP contribution in [0.1, 0.15) is 5.56 Å². The number of rotatable bonds is 6. The van der Waals surface area contributed by atoms with E-state index in [9.17, 15) is 8.42 Å². The van der Waals surface area contributed by atoms with Gasteiger partial charge in [-0.2, -0.15) is 0 Å². The van der Waals surface area contributed by atoms with E-state index >= 15 is 0 Å². The van der Waals surface area contributed by atoms with Crippen molar-refractivity contribution >= 4 is 21.6 Å². The number of hydrogen-bond acceptors (Lipinski definition) is 3. The normalized spacial score (nSPS) is 11.3. The van der Waals surface area contributed by atoms with Crippen LogP contribution in [0, 0.1) is 6.92 Å². The molecule has 0 amide bonds. The van der Waals surface area contributed by atoms with Crippen molar-refractivity contribution in [3.63, 3.8) is 0 Å². The van der Waals surface area contributed by atoms with Crippen LogP contribution in [-0.2, 0) is 10.0 Å². The van der Waals surface area contributed by atoms with E-state index in [1.54, 1.807) is 55.5 Å². The number of nitrogens with one attached hydrogen (secondary N) is 1. The number of ether oxygens (including phenoxy) is 1. The molecule has 2 aromatic carbocycles. The molecule has 0 unspecified atom stereocenters. The Morgan fingerprint density at radius 1 is 1.10 bits per heavy atom. The molecule has 0 saturated carbocycles. The molecule has 112 valence electrons. The van der Waals surface area contributed by atoms with E-state index in [-0.39, 0.29) is 18.0 Å². The van der Waals surface area contributed by atoms with Gasteiger partial charge in [0.1, 0.15) is 12.4 Å². The number of aryl methyl sites for hydroxylation is 1. The van der Waals surface area contributed by atoms with E-state index in [1.165, 1.54) is 0 Å². The van der Waals surface area contributed by atoms with Gasteiger partial charge in [0.2, 0.25) is 10.0 Å². The molecule has 0 aliphatic heterocycles. The second-order valence-corrected chi connectivity index (χ2v) is 6.64. The van der Waals surface area contributed by atoms with Gasteiger partial charge in [-0.05, 0) is 42.8 Å². The van der Waals surface area contributed by atoms with Crippen molar-refractivity contribution < 1.29 is 13.2 Å². The standard InChI is InChI=1S/C15H16ClNO3S/c1-12-4-2-3-5-15(12)21(18,19)17-10-11-20-14-8-6-13(16)7-9-14/h2-9,17H,10-11H2,1H3. The molecular formula is C15H16ClNO3S. The van der Waals surface area contributed by atoms with Crippen molar-refractivity contribution in [3.05, 3.63) is 59.1 Å². The summed E-state index contributed by atoms with van der Waals surface area (Å²) in [6, 6.07) is 13.7. The lowest BCUT2D eigenvalue weighted by Crippen LogP contribution is -2.28. The molecule has 0 fully saturated rings. The lowest BCUT2D eigenvalue weighted by Gasteiger charge is -2.10. The molecule has 0 aliphatic carbocycles. The van der Waals surface area contributed by atoms with Crippen LogP contribution in [0.25, 0.3) is 0 Å². The number of halogens is 1. The van der Waals surface area contributed by atoms with Gasteiger partial charge in [-0.1, -0.05) is 29.8 Å². The quantitative estimate of drug-likeness (QED) is 0.831. The summed E-state index contributed by atoms with van der Waals surface area (Å²) in [7, 11) is -3.50. The van der Waals surface area contributed by atoms with Gasteiger partial charge in [-0.3, -0.25) is 0 Å². The Labute approximate surface area is 129 Å². The smallest absolute Gasteiger partial charge is 0.240 e. The molecule has 0 aromatic heterocycles. The maximum Gasteiger partial charge on any atom is 0.240 e. The van der Waals surface area contributed by atoms with E-state index in [0.29, 0.717) is 16.3 Å². The molecule has 0 radical (unpaired) electrons. The second kappa shape index (κ2) is 6.93. The summed E-state index contributed by atoms with van der Waals surface area (Å²) in [5.41, 5.74) is 0.712. The van der Waals surface area contributed by atoms with Gasteiger partial charge in [-0.25, -0.2) is 13.1 Å². The van der Waals surface area contributed by atoms with Gasteiger partial charge >= 0.3 is 0 Å². The lowest BCUT2D eigenvalue weighted by atomic mass is 10.2. The van der Waals surface area contributed by atoms with E-state index in [0.717, 1.165) is 0 Å². The van der Waals surface area contributed by atoms with Gasteiger partial charge in [0, 0.05) is 11.6 Å². The minimum atomic E-state index is -3.50. The predicted molar refractivity (Wildman–Crippen MR) is 83.3 cm³/mol. The third-order valence-corrected chi connectivity index (χ3v) is 4.73. The summed E-state index contributed by atoms with van der Waals surface area (Å²) in [6.07, 6.45) is 0. The molecule has 4 nitrogen and oxygen atoms in total. The van der Waals surface area contributed by atoms with Crippen LogP contribution in [0.3, 0.4) is 0 Å². The van der Waals surface area contributed by atoms with Crippen LogP contribution in [-0.4, -0.2) is 21.6 Å². The summed E-state index contributed by atoms with van der Waals surface area (Å²) in [6.45, 7) is 2.20. The van der Waals surface area contributed by atoms with Gasteiger partial charge in [0.15, 0.2) is 0 Å². The van der Waals surface area contributed by atoms with Crippen molar-refractivity contribution in [1.29, 1.82) is 0 Å². The monoisotopic (exact) mass is 325 g/mol. The zero-order valence-corrected chi connectivity index (χ0v) is 13.1. The highest BCUT2D eigenvalue weighted by atomic mass is 35.5. The molecule has 0 aliphatic rings.